The molecule has 1 fully saturated rings. The quantitative estimate of drug-likeness (QED) is 0.649. The number of benzene rings is 1. The minimum Gasteiger partial charge on any atom is -0.436 e. The normalized spacial score (nSPS) is 19.6. The van der Waals surface area contributed by atoms with E-state index in [2.05, 4.69) is 19.2 Å². The lowest BCUT2D eigenvalue weighted by molar-refractivity contribution is -0.129. The highest BCUT2D eigenvalue weighted by atomic mass is 16.7. The largest absolute Gasteiger partial charge is 0.481 e. The van der Waals surface area contributed by atoms with Gasteiger partial charge >= 0.3 is 13.2 Å². The maximum absolute atomic E-state index is 13.0. The standard InChI is InChI=1S/C21H33BN2O5/c1-14(2)12-17(22-28-20(3,4)21(5,6)29-22)24-18(25)16(27-19(23)26)13-15-10-8-7-9-11-15/h7-11,14,16-17H,12-13H2,1-6H3,(H2,23,26)(H,24,25)/t16-,17-/m0/s1. The van der Waals surface area contributed by atoms with Gasteiger partial charge in [-0.3, -0.25) is 4.79 Å². The second kappa shape index (κ2) is 9.18. The Labute approximate surface area is 173 Å². The molecule has 2 atom stereocenters. The smallest absolute Gasteiger partial charge is 0.436 e. The van der Waals surface area contributed by atoms with Crippen LogP contribution in [-0.4, -0.2) is 42.4 Å². The zero-order valence-electron chi connectivity index (χ0n) is 18.2. The predicted octanol–water partition coefficient (Wildman–Crippen LogP) is 2.86. The van der Waals surface area contributed by atoms with Gasteiger partial charge in [-0.25, -0.2) is 4.79 Å². The Kier molecular flexibility index (Phi) is 7.35. The SMILES string of the molecule is CC(C)C[C@H](NC(=O)[C@H](Cc1ccccc1)OC(N)=O)B1OC(C)(C)C(C)(C)O1. The van der Waals surface area contributed by atoms with E-state index in [-0.39, 0.29) is 6.42 Å². The molecule has 2 rings (SSSR count). The van der Waals surface area contributed by atoms with E-state index >= 15 is 0 Å². The number of nitrogens with two attached hydrogens (primary N) is 1. The van der Waals surface area contributed by atoms with Crippen LogP contribution in [0.2, 0.25) is 0 Å². The molecule has 1 aliphatic heterocycles. The highest BCUT2D eigenvalue weighted by molar-refractivity contribution is 6.48. The summed E-state index contributed by atoms with van der Waals surface area (Å²) in [7, 11) is -0.600. The summed E-state index contributed by atoms with van der Waals surface area (Å²) in [5.74, 6) is -0.518. The summed E-state index contributed by atoms with van der Waals surface area (Å²) in [6.45, 7) is 12.0. The van der Waals surface area contributed by atoms with Gasteiger partial charge in [0.2, 0.25) is 0 Å². The molecular weight excluding hydrogens is 371 g/mol. The van der Waals surface area contributed by atoms with Gasteiger partial charge in [-0.1, -0.05) is 44.2 Å². The fraction of sp³-hybridized carbons (Fsp3) is 0.619. The van der Waals surface area contributed by atoms with Crippen molar-refractivity contribution in [2.75, 3.05) is 0 Å². The summed E-state index contributed by atoms with van der Waals surface area (Å²) in [6.07, 6.45) is -1.14. The number of carbonyl (C=O) groups is 2. The summed E-state index contributed by atoms with van der Waals surface area (Å²) < 4.78 is 17.4. The van der Waals surface area contributed by atoms with E-state index < -0.39 is 42.4 Å². The molecule has 1 aromatic carbocycles. The average Bonchev–Trinajstić information content (AvgIpc) is 2.81. The number of amides is 2. The van der Waals surface area contributed by atoms with Crippen LogP contribution in [-0.2, 0) is 25.3 Å². The van der Waals surface area contributed by atoms with Crippen molar-refractivity contribution < 1.29 is 23.6 Å². The van der Waals surface area contributed by atoms with Crippen molar-refractivity contribution in [3.8, 4) is 0 Å². The van der Waals surface area contributed by atoms with Crippen molar-refractivity contribution in [2.24, 2.45) is 11.7 Å². The summed E-state index contributed by atoms with van der Waals surface area (Å²) in [5.41, 5.74) is 5.05. The van der Waals surface area contributed by atoms with E-state index in [0.29, 0.717) is 12.3 Å². The van der Waals surface area contributed by atoms with Gasteiger partial charge in [0.15, 0.2) is 6.10 Å². The lowest BCUT2D eigenvalue weighted by Crippen LogP contribution is -2.52. The Bertz CT molecular complexity index is 692. The topological polar surface area (TPSA) is 99.9 Å². The lowest BCUT2D eigenvalue weighted by atomic mass is 9.74. The molecule has 160 valence electrons. The third-order valence-electron chi connectivity index (χ3n) is 5.47. The molecule has 0 saturated carbocycles. The fourth-order valence-electron chi connectivity index (χ4n) is 3.23. The molecule has 1 heterocycles. The lowest BCUT2D eigenvalue weighted by Gasteiger charge is -2.32. The molecule has 0 unspecified atom stereocenters. The van der Waals surface area contributed by atoms with Crippen LogP contribution in [0.1, 0.15) is 53.5 Å². The Balaban J connectivity index is 2.16. The van der Waals surface area contributed by atoms with Crippen LogP contribution in [0.5, 0.6) is 0 Å². The zero-order valence-corrected chi connectivity index (χ0v) is 18.2. The first-order chi connectivity index (χ1) is 13.4. The van der Waals surface area contributed by atoms with E-state index in [9.17, 15) is 9.59 Å². The maximum Gasteiger partial charge on any atom is 0.481 e. The van der Waals surface area contributed by atoms with Gasteiger partial charge in [0, 0.05) is 6.42 Å². The average molecular weight is 404 g/mol. The van der Waals surface area contributed by atoms with E-state index in [1.54, 1.807) is 0 Å². The van der Waals surface area contributed by atoms with E-state index in [4.69, 9.17) is 19.8 Å². The van der Waals surface area contributed by atoms with Gasteiger partial charge in [-0.05, 0) is 45.6 Å². The van der Waals surface area contributed by atoms with E-state index in [1.807, 2.05) is 58.0 Å². The van der Waals surface area contributed by atoms with Crippen LogP contribution >= 0.6 is 0 Å². The minimum atomic E-state index is -1.04. The number of nitrogens with one attached hydrogen (secondary N) is 1. The van der Waals surface area contributed by atoms with Gasteiger partial charge in [0.05, 0.1) is 17.1 Å². The molecule has 8 heteroatoms. The van der Waals surface area contributed by atoms with Gasteiger partial charge in [0.1, 0.15) is 0 Å². The van der Waals surface area contributed by atoms with Gasteiger partial charge in [-0.15, -0.1) is 0 Å². The van der Waals surface area contributed by atoms with Gasteiger partial charge < -0.3 is 25.1 Å². The molecule has 0 aromatic heterocycles. The van der Waals surface area contributed by atoms with E-state index in [1.165, 1.54) is 0 Å². The third kappa shape index (κ3) is 6.21. The van der Waals surface area contributed by atoms with Crippen molar-refractivity contribution in [3.63, 3.8) is 0 Å². The zero-order chi connectivity index (χ0) is 21.8. The van der Waals surface area contributed by atoms with Gasteiger partial charge in [0.25, 0.3) is 5.91 Å². The first kappa shape index (κ1) is 23.2. The maximum atomic E-state index is 13.0. The Morgan fingerprint density at radius 1 is 1.10 bits per heavy atom. The number of hydrogen-bond acceptors (Lipinski definition) is 5. The first-order valence-electron chi connectivity index (χ1n) is 10.1. The third-order valence-corrected chi connectivity index (χ3v) is 5.47. The number of primary amides is 1. The summed E-state index contributed by atoms with van der Waals surface area (Å²) in [4.78, 5) is 24.4. The molecule has 0 aliphatic carbocycles. The monoisotopic (exact) mass is 404 g/mol. The molecule has 2 amide bonds. The van der Waals surface area contributed by atoms with Crippen LogP contribution in [0, 0.1) is 5.92 Å². The molecule has 0 radical (unpaired) electrons. The van der Waals surface area contributed by atoms with Crippen molar-refractivity contribution in [3.05, 3.63) is 35.9 Å². The molecular formula is C21H33BN2O5. The Hall–Kier alpha value is -2.06. The van der Waals surface area contributed by atoms with Crippen LogP contribution in [0.25, 0.3) is 0 Å². The second-order valence-corrected chi connectivity index (χ2v) is 8.98. The van der Waals surface area contributed by atoms with Crippen LogP contribution in [0.4, 0.5) is 4.79 Å². The van der Waals surface area contributed by atoms with Crippen molar-refractivity contribution in [1.29, 1.82) is 0 Å². The molecule has 0 bridgehead atoms. The molecule has 3 N–H and O–H groups in total. The minimum absolute atomic E-state index is 0.230. The molecule has 29 heavy (non-hydrogen) atoms. The molecule has 1 saturated heterocycles. The van der Waals surface area contributed by atoms with Gasteiger partial charge in [-0.2, -0.15) is 0 Å². The first-order valence-corrected chi connectivity index (χ1v) is 10.1. The van der Waals surface area contributed by atoms with Crippen molar-refractivity contribution in [2.45, 2.75) is 77.6 Å². The summed E-state index contributed by atoms with van der Waals surface area (Å²) in [5, 5.41) is 2.97. The predicted molar refractivity (Wildman–Crippen MR) is 112 cm³/mol. The number of rotatable bonds is 8. The molecule has 1 aromatic rings. The number of hydrogen-bond donors (Lipinski definition) is 2. The van der Waals surface area contributed by atoms with Crippen LogP contribution in [0.15, 0.2) is 30.3 Å². The summed E-state index contributed by atoms with van der Waals surface area (Å²) in [6, 6.07) is 9.33. The molecule has 1 aliphatic rings. The number of carbonyl (C=O) groups excluding carboxylic acids is 2. The number of ether oxygens (including phenoxy) is 1. The second-order valence-electron chi connectivity index (χ2n) is 8.98. The van der Waals surface area contributed by atoms with Crippen LogP contribution in [0.3, 0.4) is 0 Å². The Morgan fingerprint density at radius 3 is 2.14 bits per heavy atom. The van der Waals surface area contributed by atoms with E-state index in [0.717, 1.165) is 5.56 Å². The van der Waals surface area contributed by atoms with Crippen molar-refractivity contribution in [1.82, 2.24) is 5.32 Å². The molecule has 7 nitrogen and oxygen atoms in total. The molecule has 0 spiro atoms. The van der Waals surface area contributed by atoms with Crippen molar-refractivity contribution >= 4 is 19.1 Å². The highest BCUT2D eigenvalue weighted by Crippen LogP contribution is 2.38. The fourth-order valence-corrected chi connectivity index (χ4v) is 3.23. The highest BCUT2D eigenvalue weighted by Gasteiger charge is 2.54. The summed E-state index contributed by atoms with van der Waals surface area (Å²) >= 11 is 0. The Morgan fingerprint density at radius 2 is 1.66 bits per heavy atom. The van der Waals surface area contributed by atoms with Crippen LogP contribution < -0.4 is 11.1 Å².